The van der Waals surface area contributed by atoms with E-state index >= 15 is 0 Å². The van der Waals surface area contributed by atoms with Gasteiger partial charge in [-0.15, -0.1) is 29.5 Å². The Morgan fingerprint density at radius 1 is 1.29 bits per heavy atom. The molecule has 1 aromatic carbocycles. The van der Waals surface area contributed by atoms with E-state index in [4.69, 9.17) is 15.9 Å². The molecule has 0 aliphatic heterocycles. The van der Waals surface area contributed by atoms with Crippen LogP contribution in [-0.4, -0.2) is 47.6 Å². The van der Waals surface area contributed by atoms with Gasteiger partial charge in [0.05, 0.1) is 47.5 Å². The number of aromatic nitrogens is 1. The van der Waals surface area contributed by atoms with Crippen LogP contribution in [0, 0.1) is 18.3 Å². The lowest BCUT2D eigenvalue weighted by Crippen LogP contribution is -2.19. The minimum absolute atomic E-state index is 0.0320. The molecular formula is C27H29N3O5S3. The summed E-state index contributed by atoms with van der Waals surface area (Å²) in [6.45, 7) is 4.94. The first-order valence-electron chi connectivity index (χ1n) is 12.2. The first-order valence-corrected chi connectivity index (χ1v) is 15.0. The average molecular weight is 572 g/mol. The van der Waals surface area contributed by atoms with Gasteiger partial charge in [0, 0.05) is 4.88 Å². The number of thiazole rings is 1. The molecule has 200 valence electrons. The second kappa shape index (κ2) is 12.7. The van der Waals surface area contributed by atoms with Crippen molar-refractivity contribution in [2.75, 3.05) is 30.5 Å². The van der Waals surface area contributed by atoms with Crippen LogP contribution in [0.1, 0.15) is 41.1 Å². The zero-order chi connectivity index (χ0) is 27.2. The van der Waals surface area contributed by atoms with Gasteiger partial charge in [0.15, 0.2) is 4.80 Å². The van der Waals surface area contributed by atoms with Crippen LogP contribution in [0.3, 0.4) is 0 Å². The van der Waals surface area contributed by atoms with Gasteiger partial charge in [-0.3, -0.25) is 9.59 Å². The van der Waals surface area contributed by atoms with Crippen molar-refractivity contribution in [3.05, 3.63) is 39.0 Å². The van der Waals surface area contributed by atoms with Gasteiger partial charge in [-0.05, 0) is 55.9 Å². The first kappa shape index (κ1) is 28.0. The summed E-state index contributed by atoms with van der Waals surface area (Å²) < 4.78 is 13.3. The van der Waals surface area contributed by atoms with Crippen molar-refractivity contribution in [1.82, 2.24) is 4.57 Å². The molecule has 0 saturated heterocycles. The number of esters is 1. The number of terminal acetylenes is 1. The third-order valence-electron chi connectivity index (χ3n) is 6.05. The first-order chi connectivity index (χ1) is 18.3. The van der Waals surface area contributed by atoms with E-state index in [-0.39, 0.29) is 29.9 Å². The van der Waals surface area contributed by atoms with E-state index in [0.717, 1.165) is 45.7 Å². The van der Waals surface area contributed by atoms with Crippen LogP contribution in [-0.2, 0) is 33.7 Å². The van der Waals surface area contributed by atoms with Gasteiger partial charge < -0.3 is 19.4 Å². The van der Waals surface area contributed by atoms with Crippen molar-refractivity contribution in [3.8, 4) is 18.1 Å². The van der Waals surface area contributed by atoms with Gasteiger partial charge >= 0.3 is 5.97 Å². The number of fused-ring (bicyclic) bond motifs is 2. The Balaban J connectivity index is 1.42. The van der Waals surface area contributed by atoms with Gasteiger partial charge in [0.1, 0.15) is 10.8 Å². The van der Waals surface area contributed by atoms with E-state index in [1.54, 1.807) is 0 Å². The maximum atomic E-state index is 12.7. The van der Waals surface area contributed by atoms with Crippen LogP contribution in [0.15, 0.2) is 23.2 Å². The minimum atomic E-state index is -0.439. The lowest BCUT2D eigenvalue weighted by atomic mass is 9.88. The Morgan fingerprint density at radius 2 is 2.11 bits per heavy atom. The van der Waals surface area contributed by atoms with E-state index in [0.29, 0.717) is 27.9 Å². The Labute approximate surface area is 233 Å². The number of benzene rings is 1. The Kier molecular flexibility index (Phi) is 9.31. The second-order valence-electron chi connectivity index (χ2n) is 8.83. The van der Waals surface area contributed by atoms with Crippen molar-refractivity contribution in [3.63, 3.8) is 0 Å². The summed E-state index contributed by atoms with van der Waals surface area (Å²) in [7, 11) is 1.34. The Hall–Kier alpha value is -3.07. The van der Waals surface area contributed by atoms with Crippen LogP contribution in [0.25, 0.3) is 10.2 Å². The summed E-state index contributed by atoms with van der Waals surface area (Å²) in [5.74, 6) is 2.89. The number of nitrogens with zero attached hydrogens (tertiary/aromatic N) is 2. The standard InChI is InChI=1S/C27H29N3O5S3/c1-5-11-30-19-10-8-17(35-6-2)13-21(19)38-27(30)29-23(32)15-36-14-22(31)28-25-24(26(33)34-4)18-9-7-16(3)12-20(18)37-25/h1,8,10,13,16H,6-7,9,11-12,14-15H2,2-4H3,(H,28,31). The normalized spacial score (nSPS) is 15.1. The lowest BCUT2D eigenvalue weighted by Gasteiger charge is -2.18. The summed E-state index contributed by atoms with van der Waals surface area (Å²) in [5, 5.41) is 3.38. The molecule has 3 aromatic rings. The molecule has 1 atom stereocenters. The zero-order valence-electron chi connectivity index (χ0n) is 21.5. The van der Waals surface area contributed by atoms with Crippen LogP contribution in [0.2, 0.25) is 0 Å². The summed E-state index contributed by atoms with van der Waals surface area (Å²) in [6.07, 6.45) is 8.22. The SMILES string of the molecule is C#CCn1c(=NC(=O)CSCC(=O)Nc2sc3c(c2C(=O)OC)CCC(C)C3)sc2cc(OCC)ccc21. The van der Waals surface area contributed by atoms with Gasteiger partial charge in [0.25, 0.3) is 5.91 Å². The predicted molar refractivity (Wildman–Crippen MR) is 153 cm³/mol. The molecular weight excluding hydrogens is 543 g/mol. The number of rotatable bonds is 9. The molecule has 1 aliphatic carbocycles. The fourth-order valence-corrected chi connectivity index (χ4v) is 7.42. The lowest BCUT2D eigenvalue weighted by molar-refractivity contribution is -0.115. The maximum Gasteiger partial charge on any atom is 0.341 e. The number of carbonyl (C=O) groups excluding carboxylic acids is 3. The van der Waals surface area contributed by atoms with E-state index in [1.807, 2.05) is 29.7 Å². The molecule has 1 unspecified atom stereocenters. The van der Waals surface area contributed by atoms with Crippen LogP contribution >= 0.6 is 34.4 Å². The summed E-state index contributed by atoms with van der Waals surface area (Å²) in [4.78, 5) is 43.7. The van der Waals surface area contributed by atoms with Crippen molar-refractivity contribution in [2.24, 2.45) is 10.9 Å². The van der Waals surface area contributed by atoms with Crippen LogP contribution < -0.4 is 14.9 Å². The number of ether oxygens (including phenoxy) is 2. The largest absolute Gasteiger partial charge is 0.494 e. The summed E-state index contributed by atoms with van der Waals surface area (Å²) >= 11 is 3.97. The second-order valence-corrected chi connectivity index (χ2v) is 11.9. The van der Waals surface area contributed by atoms with Crippen LogP contribution in [0.5, 0.6) is 5.75 Å². The van der Waals surface area contributed by atoms with Gasteiger partial charge in [-0.25, -0.2) is 4.79 Å². The molecule has 0 saturated carbocycles. The van der Waals surface area contributed by atoms with Gasteiger partial charge in [0.2, 0.25) is 5.91 Å². The predicted octanol–water partition coefficient (Wildman–Crippen LogP) is 4.51. The van der Waals surface area contributed by atoms with Crippen molar-refractivity contribution in [1.29, 1.82) is 0 Å². The number of thioether (sulfide) groups is 1. The molecule has 0 radical (unpaired) electrons. The molecule has 0 spiro atoms. The Morgan fingerprint density at radius 3 is 2.84 bits per heavy atom. The molecule has 2 amide bonds. The molecule has 4 rings (SSSR count). The highest BCUT2D eigenvalue weighted by atomic mass is 32.2. The number of anilines is 1. The maximum absolute atomic E-state index is 12.7. The monoisotopic (exact) mass is 571 g/mol. The summed E-state index contributed by atoms with van der Waals surface area (Å²) in [5.41, 5.74) is 2.32. The van der Waals surface area contributed by atoms with Crippen molar-refractivity contribution in [2.45, 2.75) is 39.7 Å². The molecule has 2 aromatic heterocycles. The topological polar surface area (TPSA) is 99.0 Å². The number of hydrogen-bond acceptors (Lipinski definition) is 8. The highest BCUT2D eigenvalue weighted by molar-refractivity contribution is 8.00. The number of amides is 2. The molecule has 38 heavy (non-hydrogen) atoms. The number of thiophene rings is 1. The molecule has 0 fully saturated rings. The molecule has 11 heteroatoms. The molecule has 0 bridgehead atoms. The van der Waals surface area contributed by atoms with Gasteiger partial charge in [-0.2, -0.15) is 4.99 Å². The van der Waals surface area contributed by atoms with E-state index in [2.05, 4.69) is 23.2 Å². The highest BCUT2D eigenvalue weighted by Crippen LogP contribution is 2.40. The number of methoxy groups -OCH3 is 1. The third-order valence-corrected chi connectivity index (χ3v) is 9.18. The average Bonchev–Trinajstić information content (AvgIpc) is 3.40. The molecule has 8 nitrogen and oxygen atoms in total. The van der Waals surface area contributed by atoms with E-state index < -0.39 is 5.97 Å². The molecule has 1 aliphatic rings. The molecule has 2 heterocycles. The minimum Gasteiger partial charge on any atom is -0.494 e. The third kappa shape index (κ3) is 6.31. The Bertz CT molecular complexity index is 1480. The quantitative estimate of drug-likeness (QED) is 0.300. The smallest absolute Gasteiger partial charge is 0.341 e. The fourth-order valence-electron chi connectivity index (χ4n) is 4.33. The van der Waals surface area contributed by atoms with E-state index in [9.17, 15) is 14.4 Å². The molecule has 1 N–H and O–H groups in total. The number of carbonyl (C=O) groups is 3. The number of hydrogen-bond donors (Lipinski definition) is 1. The fraction of sp³-hybridized carbons (Fsp3) is 0.407. The highest BCUT2D eigenvalue weighted by Gasteiger charge is 2.28. The zero-order valence-corrected chi connectivity index (χ0v) is 23.9. The van der Waals surface area contributed by atoms with Gasteiger partial charge in [-0.1, -0.05) is 24.2 Å². The van der Waals surface area contributed by atoms with Crippen LogP contribution in [0.4, 0.5) is 5.00 Å². The van der Waals surface area contributed by atoms with E-state index in [1.165, 1.54) is 41.5 Å². The van der Waals surface area contributed by atoms with Crippen molar-refractivity contribution >= 4 is 67.4 Å². The number of nitrogens with one attached hydrogen (secondary N) is 1. The summed E-state index contributed by atoms with van der Waals surface area (Å²) in [6, 6.07) is 5.68. The van der Waals surface area contributed by atoms with Crippen molar-refractivity contribution < 1.29 is 23.9 Å².